The molecular weight excluding hydrogens is 527 g/mol. The van der Waals surface area contributed by atoms with Crippen LogP contribution in [0.4, 0.5) is 0 Å². The van der Waals surface area contributed by atoms with E-state index in [1.54, 1.807) is 6.08 Å². The van der Waals surface area contributed by atoms with Gasteiger partial charge in [0.1, 0.15) is 0 Å². The van der Waals surface area contributed by atoms with E-state index >= 15 is 0 Å². The van der Waals surface area contributed by atoms with Gasteiger partial charge in [0.15, 0.2) is 0 Å². The normalized spacial score (nSPS) is 14.8. The van der Waals surface area contributed by atoms with Crippen molar-refractivity contribution in [2.24, 2.45) is 5.73 Å². The van der Waals surface area contributed by atoms with E-state index in [0.29, 0.717) is 6.42 Å². The van der Waals surface area contributed by atoms with E-state index in [1.165, 1.54) is 89.9 Å². The van der Waals surface area contributed by atoms with E-state index < -0.39 is 20.0 Å². The molecular formula is C31H63N2O6P. The molecule has 0 saturated carbocycles. The number of nitrogens with one attached hydrogen (secondary N) is 1. The predicted octanol–water partition coefficient (Wildman–Crippen LogP) is 7.71. The molecule has 0 fully saturated rings. The zero-order valence-electron chi connectivity index (χ0n) is 25.8. The van der Waals surface area contributed by atoms with Crippen molar-refractivity contribution in [1.29, 1.82) is 0 Å². The smallest absolute Gasteiger partial charge is 0.387 e. The standard InChI is InChI=1S/C31H63N2O6P/c1-3-5-7-9-11-13-15-17-19-21-23-25-31(35)33-29(28-39-40(36,37)38-27-26-32)30(34)24-22-20-18-16-14-12-10-8-6-4-2/h22,24,29-30,34H,3-21,23,25-28,32H2,1-2H3,(H,33,35)(H,36,37)/b24-22+. The van der Waals surface area contributed by atoms with Crippen molar-refractivity contribution in [3.8, 4) is 0 Å². The Morgan fingerprint density at radius 1 is 0.800 bits per heavy atom. The number of carbonyl (C=O) groups is 1. The van der Waals surface area contributed by atoms with E-state index in [0.717, 1.165) is 38.5 Å². The molecule has 1 amide bonds. The number of hydrogen-bond donors (Lipinski definition) is 4. The van der Waals surface area contributed by atoms with Crippen LogP contribution in [0, 0.1) is 0 Å². The van der Waals surface area contributed by atoms with Gasteiger partial charge in [0.2, 0.25) is 5.91 Å². The van der Waals surface area contributed by atoms with E-state index in [-0.39, 0.29) is 25.7 Å². The fraction of sp³-hybridized carbons (Fsp3) is 0.903. The fourth-order valence-electron chi connectivity index (χ4n) is 4.60. The van der Waals surface area contributed by atoms with Gasteiger partial charge in [-0.15, -0.1) is 0 Å². The van der Waals surface area contributed by atoms with Crippen LogP contribution in [0.3, 0.4) is 0 Å². The maximum atomic E-state index is 12.6. The van der Waals surface area contributed by atoms with Crippen molar-refractivity contribution in [2.45, 2.75) is 161 Å². The Hall–Kier alpha value is -0.760. The SMILES string of the molecule is CCCCCCCCCC/C=C/C(O)C(COP(=O)(O)OCCN)NC(=O)CCCCCCCCCCCCC. The molecule has 0 aromatic rings. The molecule has 0 spiro atoms. The minimum absolute atomic E-state index is 0.0805. The molecule has 0 saturated heterocycles. The minimum atomic E-state index is -4.32. The van der Waals surface area contributed by atoms with Crippen molar-refractivity contribution in [3.63, 3.8) is 0 Å². The van der Waals surface area contributed by atoms with Crippen molar-refractivity contribution in [3.05, 3.63) is 12.2 Å². The first kappa shape index (κ1) is 39.2. The van der Waals surface area contributed by atoms with Crippen LogP contribution in [0.1, 0.15) is 149 Å². The Morgan fingerprint density at radius 3 is 1.77 bits per heavy atom. The first-order chi connectivity index (χ1) is 19.4. The summed E-state index contributed by atoms with van der Waals surface area (Å²) in [4.78, 5) is 22.4. The van der Waals surface area contributed by atoms with Crippen molar-refractivity contribution < 1.29 is 28.4 Å². The number of aliphatic hydroxyl groups is 1. The maximum Gasteiger partial charge on any atom is 0.472 e. The number of hydrogen-bond acceptors (Lipinski definition) is 6. The van der Waals surface area contributed by atoms with E-state index in [1.807, 2.05) is 6.08 Å². The quantitative estimate of drug-likeness (QED) is 0.0383. The Labute approximate surface area is 245 Å². The first-order valence-electron chi connectivity index (χ1n) is 16.3. The van der Waals surface area contributed by atoms with Crippen LogP contribution in [-0.2, 0) is 18.4 Å². The average molecular weight is 591 g/mol. The summed E-state index contributed by atoms with van der Waals surface area (Å²) in [5.41, 5.74) is 5.33. The molecule has 9 heteroatoms. The van der Waals surface area contributed by atoms with E-state index in [2.05, 4.69) is 19.2 Å². The molecule has 0 aromatic heterocycles. The largest absolute Gasteiger partial charge is 0.472 e. The van der Waals surface area contributed by atoms with Gasteiger partial charge in [-0.3, -0.25) is 13.8 Å². The molecule has 0 rings (SSSR count). The molecule has 0 aliphatic rings. The summed E-state index contributed by atoms with van der Waals surface area (Å²) in [7, 11) is -4.32. The predicted molar refractivity (Wildman–Crippen MR) is 166 cm³/mol. The highest BCUT2D eigenvalue weighted by molar-refractivity contribution is 7.47. The number of phosphoric acid groups is 1. The number of amides is 1. The van der Waals surface area contributed by atoms with Gasteiger partial charge in [-0.1, -0.05) is 135 Å². The van der Waals surface area contributed by atoms with Gasteiger partial charge in [0, 0.05) is 13.0 Å². The summed E-state index contributed by atoms with van der Waals surface area (Å²) in [5.74, 6) is -0.198. The molecule has 3 unspecified atom stereocenters. The van der Waals surface area contributed by atoms with Crippen LogP contribution >= 0.6 is 7.82 Å². The third-order valence-corrected chi connectivity index (χ3v) is 8.10. The van der Waals surface area contributed by atoms with Gasteiger partial charge in [0.25, 0.3) is 0 Å². The number of unbranched alkanes of at least 4 members (excludes halogenated alkanes) is 18. The molecule has 40 heavy (non-hydrogen) atoms. The first-order valence-corrected chi connectivity index (χ1v) is 17.8. The lowest BCUT2D eigenvalue weighted by Gasteiger charge is -2.23. The highest BCUT2D eigenvalue weighted by Crippen LogP contribution is 2.43. The lowest BCUT2D eigenvalue weighted by Crippen LogP contribution is -2.45. The summed E-state index contributed by atoms with van der Waals surface area (Å²) in [5, 5.41) is 13.5. The molecule has 0 aromatic carbocycles. The highest BCUT2D eigenvalue weighted by atomic mass is 31.2. The van der Waals surface area contributed by atoms with Crippen LogP contribution < -0.4 is 11.1 Å². The fourth-order valence-corrected chi connectivity index (χ4v) is 5.36. The Kier molecular flexibility index (Phi) is 27.8. The monoisotopic (exact) mass is 590 g/mol. The van der Waals surface area contributed by atoms with E-state index in [4.69, 9.17) is 14.8 Å². The molecule has 3 atom stereocenters. The van der Waals surface area contributed by atoms with Crippen LogP contribution in [0.15, 0.2) is 12.2 Å². The van der Waals surface area contributed by atoms with Gasteiger partial charge < -0.3 is 21.1 Å². The minimum Gasteiger partial charge on any atom is -0.387 e. The summed E-state index contributed by atoms with van der Waals surface area (Å²) in [6.07, 6.45) is 26.8. The van der Waals surface area contributed by atoms with Crippen molar-refractivity contribution in [1.82, 2.24) is 5.32 Å². The molecule has 0 aliphatic heterocycles. The highest BCUT2D eigenvalue weighted by Gasteiger charge is 2.26. The molecule has 0 heterocycles. The Morgan fingerprint density at radius 2 is 1.27 bits per heavy atom. The average Bonchev–Trinajstić information content (AvgIpc) is 2.93. The Balaban J connectivity index is 4.42. The second-order valence-corrected chi connectivity index (χ2v) is 12.5. The lowest BCUT2D eigenvalue weighted by molar-refractivity contribution is -0.123. The summed E-state index contributed by atoms with van der Waals surface area (Å²) in [6.45, 7) is 4.08. The van der Waals surface area contributed by atoms with Crippen LogP contribution in [0.2, 0.25) is 0 Å². The molecule has 238 valence electrons. The summed E-state index contributed by atoms with van der Waals surface area (Å²) in [6, 6.07) is -0.850. The zero-order chi connectivity index (χ0) is 29.7. The van der Waals surface area contributed by atoms with Crippen LogP contribution in [0.25, 0.3) is 0 Å². The number of rotatable bonds is 30. The van der Waals surface area contributed by atoms with Gasteiger partial charge in [-0.05, 0) is 19.3 Å². The number of phosphoric ester groups is 1. The second-order valence-electron chi connectivity index (χ2n) is 11.0. The maximum absolute atomic E-state index is 12.6. The molecule has 0 radical (unpaired) electrons. The van der Waals surface area contributed by atoms with Crippen molar-refractivity contribution in [2.75, 3.05) is 19.8 Å². The van der Waals surface area contributed by atoms with Crippen LogP contribution in [-0.4, -0.2) is 47.8 Å². The number of allylic oxidation sites excluding steroid dienone is 1. The summed E-state index contributed by atoms with van der Waals surface area (Å²) < 4.78 is 21.9. The lowest BCUT2D eigenvalue weighted by atomic mass is 10.0. The van der Waals surface area contributed by atoms with Gasteiger partial charge in [0.05, 0.1) is 25.4 Å². The zero-order valence-corrected chi connectivity index (χ0v) is 26.7. The third kappa shape index (κ3) is 26.2. The second kappa shape index (κ2) is 28.4. The van der Waals surface area contributed by atoms with Gasteiger partial charge in [-0.25, -0.2) is 4.57 Å². The van der Waals surface area contributed by atoms with Gasteiger partial charge in [-0.2, -0.15) is 0 Å². The number of aliphatic hydroxyl groups excluding tert-OH is 1. The van der Waals surface area contributed by atoms with E-state index in [9.17, 15) is 19.4 Å². The van der Waals surface area contributed by atoms with Crippen LogP contribution in [0.5, 0.6) is 0 Å². The molecule has 5 N–H and O–H groups in total. The number of nitrogens with two attached hydrogens (primary N) is 1. The molecule has 0 aliphatic carbocycles. The molecule has 0 bridgehead atoms. The molecule has 8 nitrogen and oxygen atoms in total. The Bertz CT molecular complexity index is 649. The van der Waals surface area contributed by atoms with Crippen molar-refractivity contribution >= 4 is 13.7 Å². The third-order valence-electron chi connectivity index (χ3n) is 7.11. The summed E-state index contributed by atoms with van der Waals surface area (Å²) >= 11 is 0. The van der Waals surface area contributed by atoms with Gasteiger partial charge >= 0.3 is 7.82 Å². The number of carbonyl (C=O) groups excluding carboxylic acids is 1. The topological polar surface area (TPSA) is 131 Å².